The van der Waals surface area contributed by atoms with Crippen molar-refractivity contribution >= 4 is 29.2 Å². The number of unbranched alkanes of at least 4 members (excludes halogenated alkanes) is 2. The molecule has 1 fully saturated rings. The average Bonchev–Trinajstić information content (AvgIpc) is 2.70. The van der Waals surface area contributed by atoms with E-state index < -0.39 is 11.6 Å². The molecular formula is C20H30ClN3O5. The van der Waals surface area contributed by atoms with Gasteiger partial charge in [0.1, 0.15) is 11.4 Å². The monoisotopic (exact) mass is 427 g/mol. The molecule has 0 aromatic heterocycles. The Hall–Kier alpha value is -2.03. The van der Waals surface area contributed by atoms with Gasteiger partial charge in [0.05, 0.1) is 29.4 Å². The fraction of sp³-hybridized carbons (Fsp3) is 0.600. The molecule has 1 heterocycles. The zero-order valence-electron chi connectivity index (χ0n) is 16.9. The summed E-state index contributed by atoms with van der Waals surface area (Å²) in [5, 5.41) is 15.5. The van der Waals surface area contributed by atoms with Crippen molar-refractivity contribution in [2.45, 2.75) is 50.2 Å². The van der Waals surface area contributed by atoms with Gasteiger partial charge in [-0.05, 0) is 31.9 Å². The van der Waals surface area contributed by atoms with Crippen molar-refractivity contribution in [1.29, 1.82) is 0 Å². The molecule has 0 saturated carbocycles. The SMILES string of the molecule is COc1cc(N)c(Cl)cc1C(=O)N[C@@H]1CCNC[C@]1(CCCCCC(=O)O)OC. The lowest BCUT2D eigenvalue weighted by Gasteiger charge is -2.44. The van der Waals surface area contributed by atoms with Crippen LogP contribution in [0.25, 0.3) is 0 Å². The van der Waals surface area contributed by atoms with E-state index in [4.69, 9.17) is 31.9 Å². The van der Waals surface area contributed by atoms with Crippen LogP contribution in [0.1, 0.15) is 48.9 Å². The summed E-state index contributed by atoms with van der Waals surface area (Å²) >= 11 is 6.10. The highest BCUT2D eigenvalue weighted by molar-refractivity contribution is 6.33. The zero-order valence-corrected chi connectivity index (χ0v) is 17.7. The Morgan fingerprint density at radius 3 is 2.76 bits per heavy atom. The maximum absolute atomic E-state index is 13.0. The van der Waals surface area contributed by atoms with Crippen molar-refractivity contribution in [2.24, 2.45) is 0 Å². The summed E-state index contributed by atoms with van der Waals surface area (Å²) in [5.74, 6) is -0.731. The van der Waals surface area contributed by atoms with Gasteiger partial charge < -0.3 is 30.9 Å². The highest BCUT2D eigenvalue weighted by atomic mass is 35.5. The Morgan fingerprint density at radius 1 is 1.34 bits per heavy atom. The van der Waals surface area contributed by atoms with E-state index in [9.17, 15) is 9.59 Å². The average molecular weight is 428 g/mol. The number of anilines is 1. The van der Waals surface area contributed by atoms with Gasteiger partial charge in [-0.1, -0.05) is 24.4 Å². The van der Waals surface area contributed by atoms with Crippen LogP contribution in [0.2, 0.25) is 5.02 Å². The van der Waals surface area contributed by atoms with Gasteiger partial charge in [-0.15, -0.1) is 0 Å². The smallest absolute Gasteiger partial charge is 0.303 e. The van der Waals surface area contributed by atoms with Crippen LogP contribution >= 0.6 is 11.6 Å². The minimum Gasteiger partial charge on any atom is -0.496 e. The second kappa shape index (κ2) is 10.7. The summed E-state index contributed by atoms with van der Waals surface area (Å²) in [5.41, 5.74) is 5.89. The van der Waals surface area contributed by atoms with Gasteiger partial charge in [0.2, 0.25) is 0 Å². The van der Waals surface area contributed by atoms with Crippen molar-refractivity contribution in [3.05, 3.63) is 22.7 Å². The molecule has 1 saturated heterocycles. The number of nitrogens with one attached hydrogen (secondary N) is 2. The summed E-state index contributed by atoms with van der Waals surface area (Å²) in [6.45, 7) is 1.36. The number of ether oxygens (including phenoxy) is 2. The third kappa shape index (κ3) is 5.98. The Labute approximate surface area is 176 Å². The molecule has 1 amide bonds. The largest absolute Gasteiger partial charge is 0.496 e. The molecule has 9 heteroatoms. The number of halogens is 1. The van der Waals surface area contributed by atoms with Crippen LogP contribution in [0, 0.1) is 0 Å². The van der Waals surface area contributed by atoms with E-state index in [1.165, 1.54) is 19.2 Å². The molecule has 0 radical (unpaired) electrons. The Morgan fingerprint density at radius 2 is 2.10 bits per heavy atom. The normalized spacial score (nSPS) is 21.6. The van der Waals surface area contributed by atoms with Gasteiger partial charge in [-0.3, -0.25) is 9.59 Å². The van der Waals surface area contributed by atoms with E-state index in [1.54, 1.807) is 7.11 Å². The number of carboxylic acids is 1. The highest BCUT2D eigenvalue weighted by Crippen LogP contribution is 2.31. The minimum atomic E-state index is -0.785. The quantitative estimate of drug-likeness (QED) is 0.334. The molecule has 1 aliphatic heterocycles. The molecule has 1 aromatic rings. The number of nitrogen functional groups attached to an aromatic ring is 1. The van der Waals surface area contributed by atoms with Crippen molar-refractivity contribution in [2.75, 3.05) is 33.0 Å². The molecule has 1 aliphatic rings. The lowest BCUT2D eigenvalue weighted by molar-refractivity contribution is -0.137. The van der Waals surface area contributed by atoms with Crippen molar-refractivity contribution in [3.8, 4) is 5.75 Å². The number of nitrogens with two attached hydrogens (primary N) is 1. The predicted molar refractivity (Wildman–Crippen MR) is 112 cm³/mol. The Bertz CT molecular complexity index is 730. The lowest BCUT2D eigenvalue weighted by Crippen LogP contribution is -2.62. The summed E-state index contributed by atoms with van der Waals surface area (Å²) < 4.78 is 11.2. The number of carbonyl (C=O) groups is 2. The second-order valence-corrected chi connectivity index (χ2v) is 7.70. The molecule has 162 valence electrons. The molecule has 2 atom stereocenters. The first-order chi connectivity index (χ1) is 13.8. The number of amides is 1. The summed E-state index contributed by atoms with van der Waals surface area (Å²) in [7, 11) is 3.12. The van der Waals surface area contributed by atoms with Crippen LogP contribution in [0.3, 0.4) is 0 Å². The van der Waals surface area contributed by atoms with E-state index in [2.05, 4.69) is 10.6 Å². The van der Waals surface area contributed by atoms with Crippen LogP contribution in [-0.2, 0) is 9.53 Å². The van der Waals surface area contributed by atoms with Crippen LogP contribution in [0.5, 0.6) is 5.75 Å². The fourth-order valence-electron chi connectivity index (χ4n) is 3.74. The summed E-state index contributed by atoms with van der Waals surface area (Å²) in [4.78, 5) is 23.7. The number of benzene rings is 1. The van der Waals surface area contributed by atoms with Gasteiger partial charge in [-0.2, -0.15) is 0 Å². The number of hydrogen-bond acceptors (Lipinski definition) is 6. The molecule has 5 N–H and O–H groups in total. The molecule has 0 aliphatic carbocycles. The summed E-state index contributed by atoms with van der Waals surface area (Å²) in [6.07, 6.45) is 3.81. The standard InChI is InChI=1S/C20H30ClN3O5/c1-28-16-11-15(22)14(21)10-13(16)19(27)24-17-7-9-23-12-20(17,29-2)8-5-3-4-6-18(25)26/h10-11,17,23H,3-9,12,22H2,1-2H3,(H,24,27)(H,25,26)/t17-,20+/m1/s1. The number of aliphatic carboxylic acids is 1. The number of carbonyl (C=O) groups excluding carboxylic acids is 1. The predicted octanol–water partition coefficient (Wildman–Crippen LogP) is 2.44. The number of hydrogen-bond donors (Lipinski definition) is 4. The lowest BCUT2D eigenvalue weighted by atomic mass is 9.83. The zero-order chi connectivity index (χ0) is 21.4. The molecule has 1 aromatic carbocycles. The fourth-order valence-corrected chi connectivity index (χ4v) is 3.91. The first kappa shape index (κ1) is 23.3. The van der Waals surface area contributed by atoms with Crippen molar-refractivity contribution < 1.29 is 24.2 Å². The number of rotatable bonds is 10. The van der Waals surface area contributed by atoms with Crippen molar-refractivity contribution in [3.63, 3.8) is 0 Å². The topological polar surface area (TPSA) is 123 Å². The maximum atomic E-state index is 13.0. The van der Waals surface area contributed by atoms with E-state index >= 15 is 0 Å². The van der Waals surface area contributed by atoms with E-state index in [-0.39, 0.29) is 23.4 Å². The van der Waals surface area contributed by atoms with E-state index in [1.807, 2.05) is 0 Å². The molecule has 0 unspecified atom stereocenters. The van der Waals surface area contributed by atoms with Gasteiger partial charge >= 0.3 is 5.97 Å². The Kier molecular flexibility index (Phi) is 8.55. The van der Waals surface area contributed by atoms with Crippen molar-refractivity contribution in [1.82, 2.24) is 10.6 Å². The minimum absolute atomic E-state index is 0.163. The first-order valence-electron chi connectivity index (χ1n) is 9.74. The Balaban J connectivity index is 2.10. The van der Waals surface area contributed by atoms with Crippen LogP contribution in [0.4, 0.5) is 5.69 Å². The van der Waals surface area contributed by atoms with E-state index in [0.717, 1.165) is 19.4 Å². The number of carboxylic acid groups (broad SMARTS) is 1. The van der Waals surface area contributed by atoms with Crippen LogP contribution < -0.4 is 21.1 Å². The van der Waals surface area contributed by atoms with E-state index in [0.29, 0.717) is 42.8 Å². The third-order valence-electron chi connectivity index (χ3n) is 5.43. The molecule has 29 heavy (non-hydrogen) atoms. The van der Waals surface area contributed by atoms with Gasteiger partial charge in [0.25, 0.3) is 5.91 Å². The summed E-state index contributed by atoms with van der Waals surface area (Å²) in [6, 6.07) is 2.83. The van der Waals surface area contributed by atoms with Crippen LogP contribution in [0.15, 0.2) is 12.1 Å². The third-order valence-corrected chi connectivity index (χ3v) is 5.76. The van der Waals surface area contributed by atoms with Crippen LogP contribution in [-0.4, -0.2) is 55.9 Å². The van der Waals surface area contributed by atoms with Gasteiger partial charge in [0.15, 0.2) is 0 Å². The molecule has 0 bridgehead atoms. The molecule has 0 spiro atoms. The van der Waals surface area contributed by atoms with Gasteiger partial charge in [-0.25, -0.2) is 0 Å². The van der Waals surface area contributed by atoms with Gasteiger partial charge in [0, 0.05) is 26.1 Å². The maximum Gasteiger partial charge on any atom is 0.303 e. The number of methoxy groups -OCH3 is 2. The second-order valence-electron chi connectivity index (χ2n) is 7.29. The number of piperidine rings is 1. The first-order valence-corrected chi connectivity index (χ1v) is 10.1. The highest BCUT2D eigenvalue weighted by Gasteiger charge is 2.41. The molecular weight excluding hydrogens is 398 g/mol. The molecule has 8 nitrogen and oxygen atoms in total. The molecule has 2 rings (SSSR count).